The molecule has 1 N–H and O–H groups in total. The van der Waals surface area contributed by atoms with E-state index >= 15 is 0 Å². The summed E-state index contributed by atoms with van der Waals surface area (Å²) in [4.78, 5) is -0.0411. The van der Waals surface area contributed by atoms with Crippen LogP contribution in [-0.4, -0.2) is 8.42 Å². The number of nitriles is 1. The number of hydrogen-bond acceptors (Lipinski definition) is 3. The molecule has 0 bridgehead atoms. The topological polar surface area (TPSA) is 70.0 Å². The van der Waals surface area contributed by atoms with E-state index in [0.717, 1.165) is 12.1 Å². The van der Waals surface area contributed by atoms with Gasteiger partial charge in [0.2, 0.25) is 0 Å². The number of halogens is 1. The van der Waals surface area contributed by atoms with Crippen LogP contribution in [0.4, 0.5) is 10.1 Å². The van der Waals surface area contributed by atoms with Crippen molar-refractivity contribution >= 4 is 15.7 Å². The van der Waals surface area contributed by atoms with E-state index in [2.05, 4.69) is 4.72 Å². The fourth-order valence-corrected chi connectivity index (χ4v) is 2.74. The Morgan fingerprint density at radius 2 is 1.80 bits per heavy atom. The first-order chi connectivity index (χ1) is 9.42. The summed E-state index contributed by atoms with van der Waals surface area (Å²) >= 11 is 0. The lowest BCUT2D eigenvalue weighted by Gasteiger charge is -2.10. The first kappa shape index (κ1) is 14.0. The lowest BCUT2D eigenvalue weighted by molar-refractivity contribution is 0.599. The Labute approximate surface area is 116 Å². The Hall–Kier alpha value is -2.39. The van der Waals surface area contributed by atoms with Crippen LogP contribution < -0.4 is 4.72 Å². The molecule has 0 atom stereocenters. The van der Waals surface area contributed by atoms with Crippen LogP contribution in [0, 0.1) is 24.1 Å². The number of sulfonamides is 1. The minimum Gasteiger partial charge on any atom is -0.279 e. The molecule has 4 nitrogen and oxygen atoms in total. The van der Waals surface area contributed by atoms with Gasteiger partial charge in [-0.05, 0) is 48.9 Å². The Morgan fingerprint density at radius 1 is 1.15 bits per heavy atom. The summed E-state index contributed by atoms with van der Waals surface area (Å²) in [6.45, 7) is 1.73. The van der Waals surface area contributed by atoms with Crippen LogP contribution >= 0.6 is 0 Å². The summed E-state index contributed by atoms with van der Waals surface area (Å²) < 4.78 is 39.5. The lowest BCUT2D eigenvalue weighted by atomic mass is 10.1. The first-order valence-corrected chi connectivity index (χ1v) is 7.20. The summed E-state index contributed by atoms with van der Waals surface area (Å²) in [6, 6.07) is 11.2. The van der Waals surface area contributed by atoms with E-state index in [1.807, 2.05) is 6.07 Å². The number of benzene rings is 2. The molecule has 2 aromatic rings. The van der Waals surface area contributed by atoms with E-state index in [4.69, 9.17) is 5.26 Å². The van der Waals surface area contributed by atoms with Crippen molar-refractivity contribution in [2.45, 2.75) is 11.8 Å². The third kappa shape index (κ3) is 2.95. The summed E-state index contributed by atoms with van der Waals surface area (Å²) in [5.41, 5.74) is 1.37. The van der Waals surface area contributed by atoms with Crippen LogP contribution in [0.1, 0.15) is 11.1 Å². The smallest absolute Gasteiger partial charge is 0.261 e. The fraction of sp³-hybridized carbons (Fsp3) is 0.0714. The SMILES string of the molecule is Cc1ccc(C#N)cc1NS(=O)(=O)c1ccc(F)cc1. The van der Waals surface area contributed by atoms with E-state index in [-0.39, 0.29) is 4.90 Å². The van der Waals surface area contributed by atoms with Gasteiger partial charge in [-0.25, -0.2) is 12.8 Å². The van der Waals surface area contributed by atoms with Crippen molar-refractivity contribution in [3.63, 3.8) is 0 Å². The Kier molecular flexibility index (Phi) is 3.72. The third-order valence-electron chi connectivity index (χ3n) is 2.73. The predicted molar refractivity (Wildman–Crippen MR) is 73.1 cm³/mol. The molecule has 0 aliphatic heterocycles. The number of nitrogens with zero attached hydrogens (tertiary/aromatic N) is 1. The Morgan fingerprint density at radius 3 is 2.40 bits per heavy atom. The molecule has 0 saturated heterocycles. The molecular formula is C14H11FN2O2S. The van der Waals surface area contributed by atoms with Gasteiger partial charge < -0.3 is 0 Å². The number of anilines is 1. The van der Waals surface area contributed by atoms with Crippen molar-refractivity contribution in [3.05, 3.63) is 59.4 Å². The van der Waals surface area contributed by atoms with Crippen molar-refractivity contribution in [1.29, 1.82) is 5.26 Å². The average Bonchev–Trinajstić information content (AvgIpc) is 2.41. The van der Waals surface area contributed by atoms with Gasteiger partial charge in [0.1, 0.15) is 5.82 Å². The van der Waals surface area contributed by atoms with Crippen LogP contribution in [0.15, 0.2) is 47.4 Å². The molecule has 2 aromatic carbocycles. The molecule has 102 valence electrons. The molecule has 0 aliphatic rings. The largest absolute Gasteiger partial charge is 0.279 e. The zero-order valence-corrected chi connectivity index (χ0v) is 11.4. The number of hydrogen-bond donors (Lipinski definition) is 1. The summed E-state index contributed by atoms with van der Waals surface area (Å²) in [5.74, 6) is -0.508. The van der Waals surface area contributed by atoms with Gasteiger partial charge in [0.25, 0.3) is 10.0 Å². The molecule has 0 unspecified atom stereocenters. The fourth-order valence-electron chi connectivity index (χ4n) is 1.62. The molecular weight excluding hydrogens is 279 g/mol. The standard InChI is InChI=1S/C14H11FN2O2S/c1-10-2-3-11(9-16)8-14(10)17-20(18,19)13-6-4-12(15)5-7-13/h2-8,17H,1H3. The average molecular weight is 290 g/mol. The quantitative estimate of drug-likeness (QED) is 0.945. The number of aryl methyl sites for hydroxylation is 1. The zero-order chi connectivity index (χ0) is 14.8. The molecule has 0 saturated carbocycles. The first-order valence-electron chi connectivity index (χ1n) is 5.71. The van der Waals surface area contributed by atoms with Gasteiger partial charge in [-0.15, -0.1) is 0 Å². The van der Waals surface area contributed by atoms with Crippen LogP contribution in [0.2, 0.25) is 0 Å². The molecule has 0 spiro atoms. The van der Waals surface area contributed by atoms with Gasteiger partial charge in [-0.3, -0.25) is 4.72 Å². The van der Waals surface area contributed by atoms with Crippen LogP contribution in [0.25, 0.3) is 0 Å². The van der Waals surface area contributed by atoms with Gasteiger partial charge in [0.05, 0.1) is 22.2 Å². The maximum Gasteiger partial charge on any atom is 0.261 e. The van der Waals surface area contributed by atoms with E-state index in [1.165, 1.54) is 18.2 Å². The maximum absolute atomic E-state index is 12.8. The normalized spacial score (nSPS) is 10.8. The molecule has 0 aromatic heterocycles. The summed E-state index contributed by atoms with van der Waals surface area (Å²) in [6.07, 6.45) is 0. The van der Waals surface area contributed by atoms with Gasteiger partial charge in [-0.1, -0.05) is 6.07 Å². The van der Waals surface area contributed by atoms with Gasteiger partial charge in [0, 0.05) is 0 Å². The van der Waals surface area contributed by atoms with Gasteiger partial charge in [-0.2, -0.15) is 5.26 Å². The highest BCUT2D eigenvalue weighted by Crippen LogP contribution is 2.21. The van der Waals surface area contributed by atoms with Crippen molar-refractivity contribution in [2.75, 3.05) is 4.72 Å². The zero-order valence-electron chi connectivity index (χ0n) is 10.6. The molecule has 0 radical (unpaired) electrons. The third-order valence-corrected chi connectivity index (χ3v) is 4.12. The second kappa shape index (κ2) is 5.31. The van der Waals surface area contributed by atoms with Crippen LogP contribution in [0.3, 0.4) is 0 Å². The van der Waals surface area contributed by atoms with Crippen molar-refractivity contribution < 1.29 is 12.8 Å². The monoisotopic (exact) mass is 290 g/mol. The molecule has 6 heteroatoms. The van der Waals surface area contributed by atoms with E-state index in [0.29, 0.717) is 16.8 Å². The van der Waals surface area contributed by atoms with E-state index in [9.17, 15) is 12.8 Å². The minimum atomic E-state index is -3.80. The minimum absolute atomic E-state index is 0.0411. The summed E-state index contributed by atoms with van der Waals surface area (Å²) in [7, 11) is -3.80. The molecule has 0 amide bonds. The highest BCUT2D eigenvalue weighted by Gasteiger charge is 2.15. The van der Waals surface area contributed by atoms with Crippen LogP contribution in [-0.2, 0) is 10.0 Å². The van der Waals surface area contributed by atoms with Gasteiger partial charge in [0.15, 0.2) is 0 Å². The van der Waals surface area contributed by atoms with E-state index < -0.39 is 15.8 Å². The highest BCUT2D eigenvalue weighted by atomic mass is 32.2. The molecule has 0 fully saturated rings. The van der Waals surface area contributed by atoms with Crippen molar-refractivity contribution in [1.82, 2.24) is 0 Å². The molecule has 2 rings (SSSR count). The number of nitrogens with one attached hydrogen (secondary N) is 1. The number of rotatable bonds is 3. The molecule has 0 heterocycles. The Balaban J connectivity index is 2.38. The second-order valence-corrected chi connectivity index (χ2v) is 5.88. The highest BCUT2D eigenvalue weighted by molar-refractivity contribution is 7.92. The van der Waals surface area contributed by atoms with E-state index in [1.54, 1.807) is 19.1 Å². The van der Waals surface area contributed by atoms with Crippen molar-refractivity contribution in [3.8, 4) is 6.07 Å². The lowest BCUT2D eigenvalue weighted by Crippen LogP contribution is -2.13. The second-order valence-electron chi connectivity index (χ2n) is 4.20. The molecule has 0 aliphatic carbocycles. The predicted octanol–water partition coefficient (Wildman–Crippen LogP) is 2.81. The molecule has 20 heavy (non-hydrogen) atoms. The van der Waals surface area contributed by atoms with Crippen molar-refractivity contribution in [2.24, 2.45) is 0 Å². The van der Waals surface area contributed by atoms with Crippen LogP contribution in [0.5, 0.6) is 0 Å². The Bertz CT molecular complexity index is 778. The summed E-state index contributed by atoms with van der Waals surface area (Å²) in [5, 5.41) is 8.83. The van der Waals surface area contributed by atoms with Gasteiger partial charge >= 0.3 is 0 Å². The maximum atomic E-state index is 12.8.